The van der Waals surface area contributed by atoms with Gasteiger partial charge in [0.2, 0.25) is 0 Å². The SMILES string of the molecule is C[NH-].[CH3][Ga+][CH3]. The molecule has 0 fully saturated rings. The predicted molar refractivity (Wildman–Crippen MR) is 27.7 cm³/mol. The second-order valence-corrected chi connectivity index (χ2v) is 3.00. The summed E-state index contributed by atoms with van der Waals surface area (Å²) in [7, 11) is 1.25. The van der Waals surface area contributed by atoms with Crippen LogP contribution in [0.3, 0.4) is 0 Å². The van der Waals surface area contributed by atoms with Crippen LogP contribution in [0.5, 0.6) is 0 Å². The van der Waals surface area contributed by atoms with Gasteiger partial charge in [-0.25, -0.2) is 0 Å². The molecular weight excluding hydrogens is 120 g/mol. The summed E-state index contributed by atoms with van der Waals surface area (Å²) in [4.78, 5) is 0. The maximum absolute atomic E-state index is 5.75. The van der Waals surface area contributed by atoms with E-state index in [9.17, 15) is 0 Å². The molecule has 0 spiro atoms. The van der Waals surface area contributed by atoms with Crippen molar-refractivity contribution >= 4 is 17.4 Å². The van der Waals surface area contributed by atoms with Gasteiger partial charge in [0.1, 0.15) is 0 Å². The topological polar surface area (TPSA) is 23.8 Å². The summed E-state index contributed by atoms with van der Waals surface area (Å²) in [5.74, 6) is 0. The van der Waals surface area contributed by atoms with Gasteiger partial charge in [-0.3, -0.25) is 0 Å². The molecule has 0 atom stereocenters. The number of hydrogen-bond donors (Lipinski definition) is 0. The molecule has 0 amide bonds. The molecule has 0 rings (SSSR count). The zero-order valence-electron chi connectivity index (χ0n) is 4.08. The van der Waals surface area contributed by atoms with Crippen LogP contribution in [0.1, 0.15) is 0 Å². The van der Waals surface area contributed by atoms with Crippen LogP contribution in [-0.4, -0.2) is 24.5 Å². The Hall–Kier alpha value is 0.596. The van der Waals surface area contributed by atoms with Crippen molar-refractivity contribution < 1.29 is 0 Å². The minimum absolute atomic E-state index is 0.312. The van der Waals surface area contributed by atoms with Crippen LogP contribution in [0.15, 0.2) is 0 Å². The van der Waals surface area contributed by atoms with E-state index in [0.717, 1.165) is 0 Å². The standard InChI is InChI=1S/CH4N.2CH3.Ga/c1-2;;;/h2H,1H3;2*1H3;/q-1;;;+1. The molecule has 0 saturated heterocycles. The van der Waals surface area contributed by atoms with Crippen molar-refractivity contribution in [2.45, 2.75) is 11.0 Å². The summed E-state index contributed by atoms with van der Waals surface area (Å²) in [5.41, 5.74) is 10.3. The second kappa shape index (κ2) is 23.3. The summed E-state index contributed by atoms with van der Waals surface area (Å²) in [5, 5.41) is 0. The molecule has 0 aromatic rings. The Morgan fingerprint density at radius 1 is 1.20 bits per heavy atom. The van der Waals surface area contributed by atoms with Gasteiger partial charge in [-0.1, -0.05) is 0 Å². The van der Waals surface area contributed by atoms with Crippen molar-refractivity contribution in [1.82, 2.24) is 0 Å². The molecule has 0 aromatic heterocycles. The zero-order valence-corrected chi connectivity index (χ0v) is 6.50. The summed E-state index contributed by atoms with van der Waals surface area (Å²) in [6, 6.07) is 0. The van der Waals surface area contributed by atoms with E-state index < -0.39 is 0 Å². The van der Waals surface area contributed by atoms with Crippen LogP contribution in [0.4, 0.5) is 0 Å². The molecule has 0 saturated carbocycles. The van der Waals surface area contributed by atoms with E-state index in [1.54, 1.807) is 0 Å². The molecule has 30 valence electrons. The summed E-state index contributed by atoms with van der Waals surface area (Å²) in [6.07, 6.45) is 0. The molecule has 1 nitrogen and oxygen atoms in total. The van der Waals surface area contributed by atoms with Crippen LogP contribution in [-0.2, 0) is 0 Å². The van der Waals surface area contributed by atoms with Crippen molar-refractivity contribution in [3.05, 3.63) is 5.73 Å². The third kappa shape index (κ3) is 87.1. The Kier molecular flexibility index (Phi) is 42.6. The fourth-order valence-corrected chi connectivity index (χ4v) is 0. The first-order chi connectivity index (χ1) is 2.41. The fourth-order valence-electron chi connectivity index (χ4n) is 0. The van der Waals surface area contributed by atoms with E-state index in [1.165, 1.54) is 7.05 Å². The first kappa shape index (κ1) is 9.14. The Morgan fingerprint density at radius 2 is 1.20 bits per heavy atom. The van der Waals surface area contributed by atoms with E-state index in [4.69, 9.17) is 5.73 Å². The van der Waals surface area contributed by atoms with Gasteiger partial charge in [-0.05, 0) is 0 Å². The van der Waals surface area contributed by atoms with Crippen LogP contribution in [0, 0.1) is 0 Å². The molecule has 0 heterocycles. The first-order valence-corrected chi connectivity index (χ1v) is 6.50. The van der Waals surface area contributed by atoms with Gasteiger partial charge < -0.3 is 5.73 Å². The Bertz CT molecular complexity index is 6.85. The third-order valence-electron chi connectivity index (χ3n) is 0. The van der Waals surface area contributed by atoms with E-state index in [-0.39, 0.29) is 0 Å². The van der Waals surface area contributed by atoms with Crippen molar-refractivity contribution in [2.24, 2.45) is 0 Å². The summed E-state index contributed by atoms with van der Waals surface area (Å²) in [6.45, 7) is 0. The van der Waals surface area contributed by atoms with Gasteiger partial charge in [0, 0.05) is 0 Å². The Balaban J connectivity index is 0. The molecule has 0 aromatic carbocycles. The molecule has 0 aliphatic rings. The molecule has 0 aliphatic heterocycles. The second-order valence-electron chi connectivity index (χ2n) is 0.577. The summed E-state index contributed by atoms with van der Waals surface area (Å²) >= 11 is 0.312. The van der Waals surface area contributed by atoms with Gasteiger partial charge in [0.15, 0.2) is 0 Å². The molecule has 1 N–H and O–H groups in total. The van der Waals surface area contributed by atoms with Gasteiger partial charge in [0.05, 0.1) is 0 Å². The molecule has 5 heavy (non-hydrogen) atoms. The number of hydrogen-bond acceptors (Lipinski definition) is 0. The summed E-state index contributed by atoms with van der Waals surface area (Å²) < 4.78 is 0. The van der Waals surface area contributed by atoms with Crippen molar-refractivity contribution in [3.8, 4) is 0 Å². The van der Waals surface area contributed by atoms with E-state index in [0.29, 0.717) is 17.4 Å². The normalized spacial score (nSPS) is 3.20. The van der Waals surface area contributed by atoms with E-state index in [2.05, 4.69) is 11.0 Å². The monoisotopic (exact) mass is 129 g/mol. The van der Waals surface area contributed by atoms with Crippen molar-refractivity contribution in [3.63, 3.8) is 0 Å². The third-order valence-corrected chi connectivity index (χ3v) is 0. The number of rotatable bonds is 0. The molecule has 0 aliphatic carbocycles. The van der Waals surface area contributed by atoms with Gasteiger partial charge >= 0.3 is 28.4 Å². The predicted octanol–water partition coefficient (Wildman–Crippen LogP) is 1.46. The van der Waals surface area contributed by atoms with Crippen LogP contribution < -0.4 is 0 Å². The Morgan fingerprint density at radius 3 is 1.20 bits per heavy atom. The van der Waals surface area contributed by atoms with Crippen LogP contribution in [0.25, 0.3) is 5.73 Å². The first-order valence-electron chi connectivity index (χ1n) is 1.65. The van der Waals surface area contributed by atoms with E-state index >= 15 is 0 Å². The molecule has 0 radical (unpaired) electrons. The van der Waals surface area contributed by atoms with Gasteiger partial charge in [-0.2, -0.15) is 7.05 Å². The van der Waals surface area contributed by atoms with Gasteiger partial charge in [0.25, 0.3) is 0 Å². The van der Waals surface area contributed by atoms with Crippen LogP contribution >= 0.6 is 0 Å². The zero-order chi connectivity index (χ0) is 4.71. The van der Waals surface area contributed by atoms with E-state index in [1.807, 2.05) is 0 Å². The minimum atomic E-state index is 0.312. The average molecular weight is 130 g/mol. The quantitative estimate of drug-likeness (QED) is 0.443. The number of nitrogens with one attached hydrogen (secondary N) is 1. The Labute approximate surface area is 41.7 Å². The van der Waals surface area contributed by atoms with Crippen molar-refractivity contribution in [2.75, 3.05) is 7.05 Å². The average Bonchev–Trinajstić information content (AvgIpc) is 1.46. The molecule has 2 heteroatoms. The van der Waals surface area contributed by atoms with Crippen molar-refractivity contribution in [1.29, 1.82) is 0 Å². The molecular formula is C3H10GaN. The van der Waals surface area contributed by atoms with Gasteiger partial charge in [-0.15, -0.1) is 0 Å². The molecule has 0 unspecified atom stereocenters. The molecule has 0 bridgehead atoms. The fraction of sp³-hybridized carbons (Fsp3) is 1.00. The van der Waals surface area contributed by atoms with Crippen LogP contribution in [0.2, 0.25) is 11.0 Å². The maximum atomic E-state index is 5.75.